The van der Waals surface area contributed by atoms with E-state index in [1.807, 2.05) is 0 Å². The molecule has 0 atom stereocenters. The van der Waals surface area contributed by atoms with Gasteiger partial charge < -0.3 is 9.55 Å². The summed E-state index contributed by atoms with van der Waals surface area (Å²) in [7, 11) is 0. The summed E-state index contributed by atoms with van der Waals surface area (Å²) in [5.41, 5.74) is 9.58. The summed E-state index contributed by atoms with van der Waals surface area (Å²) in [6.45, 7) is 0. The van der Waals surface area contributed by atoms with E-state index < -0.39 is 0 Å². The second-order valence-electron chi connectivity index (χ2n) is 8.77. The van der Waals surface area contributed by atoms with Crippen molar-refractivity contribution in [3.8, 4) is 28.1 Å². The Balaban J connectivity index is 1.42. The van der Waals surface area contributed by atoms with Gasteiger partial charge in [0, 0.05) is 32.9 Å². The van der Waals surface area contributed by atoms with E-state index in [2.05, 4.69) is 137 Å². The molecule has 5 aromatic carbocycles. The van der Waals surface area contributed by atoms with Crippen LogP contribution >= 0.6 is 0 Å². The second kappa shape index (κ2) is 7.50. The maximum Gasteiger partial charge on any atom is 0.0540 e. The largest absolute Gasteiger partial charge is 0.354 e. The number of hydrogen-bond acceptors (Lipinski definition) is 0. The molecule has 0 saturated heterocycles. The normalized spacial score (nSPS) is 11.5. The van der Waals surface area contributed by atoms with Crippen LogP contribution in [0.2, 0.25) is 0 Å². The fraction of sp³-hybridized carbons (Fsp3) is 0. The molecule has 0 radical (unpaired) electrons. The minimum atomic E-state index is 1.17. The molecule has 160 valence electrons. The van der Waals surface area contributed by atoms with Crippen molar-refractivity contribution < 1.29 is 0 Å². The molecule has 0 spiro atoms. The Hall–Kier alpha value is -4.56. The number of aromatic amines is 1. The molecule has 2 nitrogen and oxygen atoms in total. The molecule has 1 N–H and O–H groups in total. The van der Waals surface area contributed by atoms with Gasteiger partial charge in [-0.15, -0.1) is 0 Å². The van der Waals surface area contributed by atoms with E-state index in [9.17, 15) is 0 Å². The Bertz CT molecular complexity index is 1790. The maximum atomic E-state index is 3.58. The number of H-pyrrole nitrogens is 1. The van der Waals surface area contributed by atoms with E-state index in [1.165, 1.54) is 60.8 Å². The summed E-state index contributed by atoms with van der Waals surface area (Å²) in [4.78, 5) is 3.58. The van der Waals surface area contributed by atoms with Gasteiger partial charge in [0.2, 0.25) is 0 Å². The maximum absolute atomic E-state index is 3.58. The van der Waals surface area contributed by atoms with Gasteiger partial charge in [-0.2, -0.15) is 0 Å². The van der Waals surface area contributed by atoms with Crippen LogP contribution in [-0.4, -0.2) is 9.55 Å². The van der Waals surface area contributed by atoms with Crippen molar-refractivity contribution in [3.05, 3.63) is 127 Å². The van der Waals surface area contributed by atoms with E-state index >= 15 is 0 Å². The number of aromatic nitrogens is 2. The van der Waals surface area contributed by atoms with Crippen LogP contribution in [0.25, 0.3) is 60.8 Å². The number of hydrogen-bond donors (Lipinski definition) is 1. The third-order valence-corrected chi connectivity index (χ3v) is 6.72. The topological polar surface area (TPSA) is 20.7 Å². The highest BCUT2D eigenvalue weighted by molar-refractivity contribution is 6.08. The first kappa shape index (κ1) is 19.0. The molecule has 0 aliphatic heterocycles. The van der Waals surface area contributed by atoms with Gasteiger partial charge in [-0.3, -0.25) is 0 Å². The Labute approximate surface area is 197 Å². The molecule has 0 unspecified atom stereocenters. The van der Waals surface area contributed by atoms with Gasteiger partial charge in [-0.1, -0.05) is 84.9 Å². The molecule has 0 bridgehead atoms. The van der Waals surface area contributed by atoms with Gasteiger partial charge in [-0.05, 0) is 59.2 Å². The third kappa shape index (κ3) is 2.96. The molecule has 34 heavy (non-hydrogen) atoms. The molecule has 0 aliphatic rings. The lowest BCUT2D eigenvalue weighted by molar-refractivity contribution is 1.13. The lowest BCUT2D eigenvalue weighted by atomic mass is 10.0. The van der Waals surface area contributed by atoms with Crippen LogP contribution in [0.3, 0.4) is 0 Å². The Kier molecular flexibility index (Phi) is 4.18. The van der Waals surface area contributed by atoms with Gasteiger partial charge >= 0.3 is 0 Å². The number of fused-ring (bicyclic) bond motifs is 4. The van der Waals surface area contributed by atoms with Crippen molar-refractivity contribution in [2.45, 2.75) is 0 Å². The summed E-state index contributed by atoms with van der Waals surface area (Å²) in [6, 6.07) is 45.6. The monoisotopic (exact) mass is 434 g/mol. The molecule has 2 aromatic heterocycles. The summed E-state index contributed by atoms with van der Waals surface area (Å²) in [5.74, 6) is 0. The zero-order valence-electron chi connectivity index (χ0n) is 18.6. The Morgan fingerprint density at radius 3 is 2.00 bits per heavy atom. The van der Waals surface area contributed by atoms with Gasteiger partial charge in [0.05, 0.1) is 11.2 Å². The minimum Gasteiger partial charge on any atom is -0.354 e. The van der Waals surface area contributed by atoms with Crippen LogP contribution in [0.1, 0.15) is 0 Å². The van der Waals surface area contributed by atoms with Gasteiger partial charge in [-0.25, -0.2) is 0 Å². The van der Waals surface area contributed by atoms with Crippen molar-refractivity contribution in [3.63, 3.8) is 0 Å². The summed E-state index contributed by atoms with van der Waals surface area (Å²) in [5, 5.41) is 3.77. The molecule has 7 rings (SSSR count). The van der Waals surface area contributed by atoms with Gasteiger partial charge in [0.25, 0.3) is 0 Å². The highest BCUT2D eigenvalue weighted by Crippen LogP contribution is 2.35. The molecule has 0 fully saturated rings. The minimum absolute atomic E-state index is 1.17. The standard InChI is InChI=1S/C32H22N2/c1-3-9-22(10-4-1)32-21-25-19-23(16-18-31(25)34(32)26-11-5-2-6-12-26)24-15-17-28-27-13-7-8-14-29(27)33-30(28)20-24/h1-21,33H. The van der Waals surface area contributed by atoms with Gasteiger partial charge in [0.1, 0.15) is 0 Å². The highest BCUT2D eigenvalue weighted by Gasteiger charge is 2.14. The average Bonchev–Trinajstić information content (AvgIpc) is 3.47. The van der Waals surface area contributed by atoms with Crippen molar-refractivity contribution in [1.29, 1.82) is 0 Å². The second-order valence-corrected chi connectivity index (χ2v) is 8.77. The van der Waals surface area contributed by atoms with Crippen molar-refractivity contribution in [2.75, 3.05) is 0 Å². The van der Waals surface area contributed by atoms with E-state index in [0.717, 1.165) is 0 Å². The lowest BCUT2D eigenvalue weighted by Crippen LogP contribution is -1.96. The highest BCUT2D eigenvalue weighted by atomic mass is 15.0. The third-order valence-electron chi connectivity index (χ3n) is 6.72. The predicted octanol–water partition coefficient (Wildman–Crippen LogP) is 8.60. The van der Waals surface area contributed by atoms with E-state index in [0.29, 0.717) is 0 Å². The first-order chi connectivity index (χ1) is 16.8. The van der Waals surface area contributed by atoms with E-state index in [4.69, 9.17) is 0 Å². The predicted molar refractivity (Wildman–Crippen MR) is 144 cm³/mol. The Morgan fingerprint density at radius 1 is 0.471 bits per heavy atom. The van der Waals surface area contributed by atoms with Crippen molar-refractivity contribution >= 4 is 32.7 Å². The molecule has 0 amide bonds. The smallest absolute Gasteiger partial charge is 0.0540 e. The van der Waals surface area contributed by atoms with Crippen LogP contribution in [0.5, 0.6) is 0 Å². The number of nitrogens with zero attached hydrogens (tertiary/aromatic N) is 1. The first-order valence-electron chi connectivity index (χ1n) is 11.6. The zero-order chi connectivity index (χ0) is 22.5. The Morgan fingerprint density at radius 2 is 1.15 bits per heavy atom. The van der Waals surface area contributed by atoms with Crippen LogP contribution in [-0.2, 0) is 0 Å². The fourth-order valence-electron chi connectivity index (χ4n) is 5.11. The number of benzene rings is 5. The van der Waals surface area contributed by atoms with Crippen LogP contribution in [0, 0.1) is 0 Å². The van der Waals surface area contributed by atoms with Crippen LogP contribution < -0.4 is 0 Å². The summed E-state index contributed by atoms with van der Waals surface area (Å²) in [6.07, 6.45) is 0. The molecule has 2 heterocycles. The molecular formula is C32H22N2. The van der Waals surface area contributed by atoms with Gasteiger partial charge in [0.15, 0.2) is 0 Å². The van der Waals surface area contributed by atoms with Crippen LogP contribution in [0.4, 0.5) is 0 Å². The number of rotatable bonds is 3. The molecule has 2 heteroatoms. The zero-order valence-corrected chi connectivity index (χ0v) is 18.6. The summed E-state index contributed by atoms with van der Waals surface area (Å²) >= 11 is 0. The van der Waals surface area contributed by atoms with Crippen LogP contribution in [0.15, 0.2) is 127 Å². The average molecular weight is 435 g/mol. The number of para-hydroxylation sites is 2. The number of nitrogens with one attached hydrogen (secondary N) is 1. The molecule has 7 aromatic rings. The molecular weight excluding hydrogens is 412 g/mol. The van der Waals surface area contributed by atoms with E-state index in [-0.39, 0.29) is 0 Å². The van der Waals surface area contributed by atoms with Crippen molar-refractivity contribution in [2.24, 2.45) is 0 Å². The quantitative estimate of drug-likeness (QED) is 0.287. The van der Waals surface area contributed by atoms with Crippen molar-refractivity contribution in [1.82, 2.24) is 9.55 Å². The molecule has 0 saturated carbocycles. The lowest BCUT2D eigenvalue weighted by Gasteiger charge is -2.11. The summed E-state index contributed by atoms with van der Waals surface area (Å²) < 4.78 is 2.36. The first-order valence-corrected chi connectivity index (χ1v) is 11.6. The van der Waals surface area contributed by atoms with E-state index in [1.54, 1.807) is 0 Å². The fourth-order valence-corrected chi connectivity index (χ4v) is 5.11. The SMILES string of the molecule is c1ccc(-c2cc3cc(-c4ccc5c(c4)[nH]c4ccccc45)ccc3n2-c2ccccc2)cc1. The molecule has 0 aliphatic carbocycles.